The number of hydrazine groups is 1. The average Bonchev–Trinajstić information content (AvgIpc) is 2.03. The van der Waals surface area contributed by atoms with Crippen molar-refractivity contribution in [3.05, 3.63) is 0 Å². The molecule has 0 amide bonds. The molecule has 1 N–H and O–H groups in total. The van der Waals surface area contributed by atoms with Crippen LogP contribution in [0, 0.1) is 0 Å². The molecule has 3 nitrogen and oxygen atoms in total. The van der Waals surface area contributed by atoms with Gasteiger partial charge < -0.3 is 0 Å². The molecular weight excluding hydrogens is 150 g/mol. The molecule has 1 rings (SSSR count). The second-order valence-corrected chi connectivity index (χ2v) is 4.37. The molecule has 0 aromatic heterocycles. The van der Waals surface area contributed by atoms with Gasteiger partial charge in [-0.15, -0.1) is 0 Å². The normalized spacial score (nSPS) is 23.0. The summed E-state index contributed by atoms with van der Waals surface area (Å²) in [6.07, 6.45) is 0. The maximum absolute atomic E-state index is 3.18. The van der Waals surface area contributed by atoms with Crippen LogP contribution in [0.4, 0.5) is 0 Å². The Hall–Kier alpha value is -0.120. The van der Waals surface area contributed by atoms with Crippen LogP contribution >= 0.6 is 0 Å². The minimum Gasteiger partial charge on any atom is -0.296 e. The monoisotopic (exact) mass is 171 g/mol. The zero-order valence-corrected chi connectivity index (χ0v) is 8.72. The summed E-state index contributed by atoms with van der Waals surface area (Å²) in [6, 6.07) is 0. The van der Waals surface area contributed by atoms with E-state index in [1.165, 1.54) is 13.1 Å². The van der Waals surface area contributed by atoms with Crippen LogP contribution < -0.4 is 5.43 Å². The molecule has 0 unspecified atom stereocenters. The van der Waals surface area contributed by atoms with Crippen LogP contribution in [0.25, 0.3) is 0 Å². The first kappa shape index (κ1) is 9.96. The Kier molecular flexibility index (Phi) is 3.09. The third-order valence-electron chi connectivity index (χ3n) is 2.54. The molecule has 72 valence electrons. The van der Waals surface area contributed by atoms with E-state index in [2.05, 4.69) is 36.1 Å². The zero-order valence-electron chi connectivity index (χ0n) is 8.72. The summed E-state index contributed by atoms with van der Waals surface area (Å²) in [6.45, 7) is 11.4. The highest BCUT2D eigenvalue weighted by Crippen LogP contribution is 2.14. The summed E-state index contributed by atoms with van der Waals surface area (Å²) < 4.78 is 0. The second-order valence-electron chi connectivity index (χ2n) is 4.37. The van der Waals surface area contributed by atoms with Gasteiger partial charge in [0.05, 0.1) is 0 Å². The van der Waals surface area contributed by atoms with Crippen LogP contribution in [0.2, 0.25) is 0 Å². The molecule has 3 heteroatoms. The van der Waals surface area contributed by atoms with Gasteiger partial charge in [-0.2, -0.15) is 0 Å². The van der Waals surface area contributed by atoms with Crippen LogP contribution in [0.1, 0.15) is 20.8 Å². The lowest BCUT2D eigenvalue weighted by molar-refractivity contribution is 0.0430. The molecule has 1 aliphatic rings. The van der Waals surface area contributed by atoms with Crippen molar-refractivity contribution in [2.45, 2.75) is 26.3 Å². The molecular formula is C9H21N3. The van der Waals surface area contributed by atoms with Gasteiger partial charge in [0.1, 0.15) is 0 Å². The third kappa shape index (κ3) is 2.44. The topological polar surface area (TPSA) is 18.5 Å². The van der Waals surface area contributed by atoms with E-state index in [1.807, 2.05) is 7.05 Å². The van der Waals surface area contributed by atoms with Gasteiger partial charge in [0.15, 0.2) is 0 Å². The van der Waals surface area contributed by atoms with Gasteiger partial charge in [-0.05, 0) is 27.8 Å². The summed E-state index contributed by atoms with van der Waals surface area (Å²) in [5, 5.41) is 2.27. The highest BCUT2D eigenvalue weighted by molar-refractivity contribution is 4.80. The number of hydrogen-bond donors (Lipinski definition) is 1. The van der Waals surface area contributed by atoms with Crippen molar-refractivity contribution in [1.82, 2.24) is 15.3 Å². The van der Waals surface area contributed by atoms with Crippen LogP contribution in [-0.2, 0) is 0 Å². The van der Waals surface area contributed by atoms with Crippen LogP contribution in [0.15, 0.2) is 0 Å². The minimum absolute atomic E-state index is 0.333. The van der Waals surface area contributed by atoms with Crippen molar-refractivity contribution < 1.29 is 0 Å². The highest BCUT2D eigenvalue weighted by Gasteiger charge is 2.24. The summed E-state index contributed by atoms with van der Waals surface area (Å²) in [4.78, 5) is 2.53. The summed E-state index contributed by atoms with van der Waals surface area (Å²) >= 11 is 0. The number of rotatable bonds is 1. The molecule has 0 bridgehead atoms. The van der Waals surface area contributed by atoms with E-state index >= 15 is 0 Å². The predicted octanol–water partition coefficient (Wildman–Crippen LogP) is 0.537. The van der Waals surface area contributed by atoms with E-state index in [0.717, 1.165) is 13.1 Å². The first-order valence-electron chi connectivity index (χ1n) is 4.71. The average molecular weight is 171 g/mol. The first-order chi connectivity index (χ1) is 5.54. The van der Waals surface area contributed by atoms with Gasteiger partial charge in [0, 0.05) is 31.7 Å². The van der Waals surface area contributed by atoms with Gasteiger partial charge in [-0.3, -0.25) is 10.3 Å². The molecule has 0 radical (unpaired) electrons. The Morgan fingerprint density at radius 3 is 1.83 bits per heavy atom. The Balaban J connectivity index is 2.36. The Labute approximate surface area is 75.7 Å². The standard InChI is InChI=1S/C9H21N3/c1-9(2,3)11-5-7-12(10-4)8-6-11/h10H,5-8H2,1-4H3. The molecule has 1 aliphatic heterocycles. The van der Waals surface area contributed by atoms with Crippen LogP contribution in [0.3, 0.4) is 0 Å². The number of piperazine rings is 1. The molecule has 1 saturated heterocycles. The molecule has 1 heterocycles. The minimum atomic E-state index is 0.333. The van der Waals surface area contributed by atoms with Crippen molar-refractivity contribution >= 4 is 0 Å². The maximum atomic E-state index is 3.18. The van der Waals surface area contributed by atoms with E-state index in [0.29, 0.717) is 5.54 Å². The van der Waals surface area contributed by atoms with Crippen molar-refractivity contribution in [2.75, 3.05) is 33.2 Å². The lowest BCUT2D eigenvalue weighted by Crippen LogP contribution is -2.55. The fraction of sp³-hybridized carbons (Fsp3) is 1.00. The van der Waals surface area contributed by atoms with Gasteiger partial charge in [-0.25, -0.2) is 5.01 Å². The highest BCUT2D eigenvalue weighted by atomic mass is 15.5. The molecule has 0 aromatic rings. The molecule has 0 aromatic carbocycles. The number of nitrogens with zero attached hydrogens (tertiary/aromatic N) is 2. The summed E-state index contributed by atoms with van der Waals surface area (Å²) in [5.74, 6) is 0. The van der Waals surface area contributed by atoms with Crippen molar-refractivity contribution in [2.24, 2.45) is 0 Å². The Morgan fingerprint density at radius 1 is 1.00 bits per heavy atom. The molecule has 0 aliphatic carbocycles. The van der Waals surface area contributed by atoms with Crippen LogP contribution in [-0.4, -0.2) is 48.7 Å². The van der Waals surface area contributed by atoms with E-state index < -0.39 is 0 Å². The van der Waals surface area contributed by atoms with Crippen LogP contribution in [0.5, 0.6) is 0 Å². The molecule has 0 saturated carbocycles. The quantitative estimate of drug-likeness (QED) is 0.621. The SMILES string of the molecule is CNN1CCN(C(C)(C)C)CC1. The fourth-order valence-electron chi connectivity index (χ4n) is 1.60. The Morgan fingerprint density at radius 2 is 1.50 bits per heavy atom. The first-order valence-corrected chi connectivity index (χ1v) is 4.71. The third-order valence-corrected chi connectivity index (χ3v) is 2.54. The van der Waals surface area contributed by atoms with Crippen molar-refractivity contribution in [3.63, 3.8) is 0 Å². The number of hydrogen-bond acceptors (Lipinski definition) is 3. The van der Waals surface area contributed by atoms with Gasteiger partial charge in [0.2, 0.25) is 0 Å². The van der Waals surface area contributed by atoms with E-state index in [1.54, 1.807) is 0 Å². The molecule has 1 fully saturated rings. The predicted molar refractivity (Wildman–Crippen MR) is 52.0 cm³/mol. The van der Waals surface area contributed by atoms with Crippen molar-refractivity contribution in [3.8, 4) is 0 Å². The zero-order chi connectivity index (χ0) is 9.19. The van der Waals surface area contributed by atoms with Crippen molar-refractivity contribution in [1.29, 1.82) is 0 Å². The van der Waals surface area contributed by atoms with E-state index in [4.69, 9.17) is 0 Å². The summed E-state index contributed by atoms with van der Waals surface area (Å²) in [5.41, 5.74) is 3.52. The smallest absolute Gasteiger partial charge is 0.0259 e. The second kappa shape index (κ2) is 3.73. The largest absolute Gasteiger partial charge is 0.296 e. The Bertz CT molecular complexity index is 131. The fourth-order valence-corrected chi connectivity index (χ4v) is 1.60. The van der Waals surface area contributed by atoms with E-state index in [9.17, 15) is 0 Å². The van der Waals surface area contributed by atoms with Gasteiger partial charge >= 0.3 is 0 Å². The lowest BCUT2D eigenvalue weighted by atomic mass is 10.1. The lowest BCUT2D eigenvalue weighted by Gasteiger charge is -2.41. The van der Waals surface area contributed by atoms with Gasteiger partial charge in [0.25, 0.3) is 0 Å². The molecule has 0 spiro atoms. The molecule has 12 heavy (non-hydrogen) atoms. The molecule has 0 atom stereocenters. The summed E-state index contributed by atoms with van der Waals surface area (Å²) in [7, 11) is 1.99. The van der Waals surface area contributed by atoms with E-state index in [-0.39, 0.29) is 0 Å². The van der Waals surface area contributed by atoms with Gasteiger partial charge in [-0.1, -0.05) is 0 Å². The maximum Gasteiger partial charge on any atom is 0.0259 e. The number of nitrogens with one attached hydrogen (secondary N) is 1.